The van der Waals surface area contributed by atoms with Gasteiger partial charge in [-0.25, -0.2) is 8.78 Å². The fourth-order valence-electron chi connectivity index (χ4n) is 2.99. The topological polar surface area (TPSA) is 28.2 Å². The van der Waals surface area contributed by atoms with Crippen LogP contribution in [0.4, 0.5) is 8.78 Å². The van der Waals surface area contributed by atoms with E-state index in [2.05, 4.69) is 10.6 Å². The first-order valence-corrected chi connectivity index (χ1v) is 8.08. The predicted molar refractivity (Wildman–Crippen MR) is 88.9 cm³/mol. The summed E-state index contributed by atoms with van der Waals surface area (Å²) in [6, 6.07) is 11.3. The minimum atomic E-state index is -0.555. The van der Waals surface area contributed by atoms with Gasteiger partial charge in [-0.1, -0.05) is 54.8 Å². The molecular weight excluding hydrogens is 383 g/mol. The van der Waals surface area contributed by atoms with Crippen LogP contribution in [0.25, 0.3) is 10.6 Å². The molecule has 2 aromatic carbocycles. The van der Waals surface area contributed by atoms with Crippen LogP contribution in [0.1, 0.15) is 35.6 Å². The second-order valence-electron chi connectivity index (χ2n) is 5.80. The van der Waals surface area contributed by atoms with E-state index in [0.717, 1.165) is 31.1 Å². The predicted octanol–water partition coefficient (Wildman–Crippen LogP) is 5.14. The summed E-state index contributed by atoms with van der Waals surface area (Å²) in [6.07, 6.45) is 3.55. The first-order valence-electron chi connectivity index (χ1n) is 8.08. The van der Waals surface area contributed by atoms with Crippen LogP contribution in [0.15, 0.2) is 42.5 Å². The molecule has 0 saturated carbocycles. The fourth-order valence-corrected chi connectivity index (χ4v) is 2.99. The van der Waals surface area contributed by atoms with Crippen molar-refractivity contribution in [2.75, 3.05) is 19.6 Å². The Morgan fingerprint density at radius 2 is 1.62 bits per heavy atom. The van der Waals surface area contributed by atoms with Crippen LogP contribution in [0.2, 0.25) is 0 Å². The van der Waals surface area contributed by atoms with Crippen molar-refractivity contribution in [1.29, 1.82) is 0 Å². The van der Waals surface area contributed by atoms with Gasteiger partial charge in [-0.3, -0.25) is 0 Å². The Bertz CT molecular complexity index is 652. The number of hydrogen-bond donors (Lipinski definition) is 0. The molecule has 0 spiro atoms. The normalized spacial score (nSPS) is 18.8. The molecule has 2 aliphatic heterocycles. The van der Waals surface area contributed by atoms with E-state index in [9.17, 15) is 8.78 Å². The Kier molecular flexibility index (Phi) is 7.95. The van der Waals surface area contributed by atoms with Crippen molar-refractivity contribution in [3.63, 3.8) is 0 Å². The molecule has 4 rings (SSSR count). The standard InChI is InChI=1S/C15H12F2N.C4H8N.Y/c16-11-5-6-13(14(17)9-11)15-12-4-2-1-3-10(12)7-8-18-15;1-2-4-5-3-1;/h1-6,9,15H,7-8H2;1-4H2;/q2*-1;. The SMILES string of the molecule is C1CC[N-]C1.Fc1ccc(C2[N-]CCc3ccccc32)c(F)c1.[Y]. The summed E-state index contributed by atoms with van der Waals surface area (Å²) in [5.74, 6) is -1.08. The molecule has 0 amide bonds. The molecule has 125 valence electrons. The average molecular weight is 403 g/mol. The van der Waals surface area contributed by atoms with Crippen LogP contribution in [-0.4, -0.2) is 19.6 Å². The van der Waals surface area contributed by atoms with Gasteiger partial charge in [-0.2, -0.15) is 0 Å². The van der Waals surface area contributed by atoms with Crippen LogP contribution in [-0.2, 0) is 39.1 Å². The van der Waals surface area contributed by atoms with Crippen LogP contribution in [0.3, 0.4) is 0 Å². The number of rotatable bonds is 1. The van der Waals surface area contributed by atoms with Gasteiger partial charge < -0.3 is 10.6 Å². The summed E-state index contributed by atoms with van der Waals surface area (Å²) in [6.45, 7) is 2.93. The molecule has 1 saturated heterocycles. The van der Waals surface area contributed by atoms with Crippen molar-refractivity contribution in [3.8, 4) is 0 Å². The maximum Gasteiger partial charge on any atom is 0.128 e. The minimum Gasteiger partial charge on any atom is -0.662 e. The van der Waals surface area contributed by atoms with Crippen molar-refractivity contribution in [2.24, 2.45) is 0 Å². The molecule has 2 heterocycles. The summed E-state index contributed by atoms with van der Waals surface area (Å²) in [5.41, 5.74) is 2.67. The molecule has 0 aromatic heterocycles. The number of fused-ring (bicyclic) bond motifs is 1. The van der Waals surface area contributed by atoms with Gasteiger partial charge in [0.05, 0.1) is 0 Å². The van der Waals surface area contributed by atoms with Crippen LogP contribution < -0.4 is 0 Å². The molecule has 2 aliphatic rings. The van der Waals surface area contributed by atoms with E-state index in [1.807, 2.05) is 24.3 Å². The van der Waals surface area contributed by atoms with Crippen LogP contribution in [0.5, 0.6) is 0 Å². The maximum atomic E-state index is 13.8. The van der Waals surface area contributed by atoms with Gasteiger partial charge in [0, 0.05) is 38.8 Å². The average Bonchev–Trinajstić information content (AvgIpc) is 3.14. The number of hydrogen-bond acceptors (Lipinski definition) is 0. The molecule has 5 heteroatoms. The van der Waals surface area contributed by atoms with Crippen molar-refractivity contribution < 1.29 is 41.5 Å². The van der Waals surface area contributed by atoms with Gasteiger partial charge in [0.2, 0.25) is 0 Å². The largest absolute Gasteiger partial charge is 0.662 e. The zero-order valence-electron chi connectivity index (χ0n) is 13.6. The van der Waals surface area contributed by atoms with E-state index < -0.39 is 11.6 Å². The van der Waals surface area contributed by atoms with E-state index in [0.29, 0.717) is 12.1 Å². The zero-order valence-corrected chi connectivity index (χ0v) is 16.4. The molecule has 2 aromatic rings. The van der Waals surface area contributed by atoms with E-state index >= 15 is 0 Å². The zero-order chi connectivity index (χ0) is 16.1. The van der Waals surface area contributed by atoms with Crippen LogP contribution in [0, 0.1) is 11.6 Å². The van der Waals surface area contributed by atoms with E-state index in [4.69, 9.17) is 0 Å². The molecule has 1 unspecified atom stereocenters. The second kappa shape index (κ2) is 9.72. The monoisotopic (exact) mass is 403 g/mol. The van der Waals surface area contributed by atoms with Crippen molar-refractivity contribution in [3.05, 3.63) is 81.4 Å². The Morgan fingerprint density at radius 1 is 0.875 bits per heavy atom. The fraction of sp³-hybridized carbons (Fsp3) is 0.368. The third-order valence-corrected chi connectivity index (χ3v) is 4.18. The summed E-state index contributed by atoms with van der Waals surface area (Å²) < 4.78 is 26.8. The Labute approximate surface area is 167 Å². The molecule has 1 radical (unpaired) electrons. The summed E-state index contributed by atoms with van der Waals surface area (Å²) >= 11 is 0. The Hall–Kier alpha value is -0.676. The molecule has 0 N–H and O–H groups in total. The number of halogens is 2. The maximum absolute atomic E-state index is 13.8. The molecule has 0 aliphatic carbocycles. The second-order valence-corrected chi connectivity index (χ2v) is 5.80. The van der Waals surface area contributed by atoms with E-state index in [1.54, 1.807) is 0 Å². The molecule has 1 fully saturated rings. The van der Waals surface area contributed by atoms with Gasteiger partial charge in [0.15, 0.2) is 0 Å². The van der Waals surface area contributed by atoms with Crippen molar-refractivity contribution in [1.82, 2.24) is 0 Å². The number of nitrogens with zero attached hydrogens (tertiary/aromatic N) is 2. The van der Waals surface area contributed by atoms with Crippen molar-refractivity contribution in [2.45, 2.75) is 25.3 Å². The molecule has 1 atom stereocenters. The van der Waals surface area contributed by atoms with E-state index in [1.165, 1.54) is 30.5 Å². The molecule has 2 nitrogen and oxygen atoms in total. The van der Waals surface area contributed by atoms with Crippen LogP contribution >= 0.6 is 0 Å². The summed E-state index contributed by atoms with van der Waals surface area (Å²) in [5, 5.41) is 8.55. The Balaban J connectivity index is 0.000000300. The summed E-state index contributed by atoms with van der Waals surface area (Å²) in [7, 11) is 0. The van der Waals surface area contributed by atoms with E-state index in [-0.39, 0.29) is 38.8 Å². The molecular formula is C19H20F2N2Y-2. The van der Waals surface area contributed by atoms with Gasteiger partial charge in [-0.05, 0) is 23.6 Å². The first-order chi connectivity index (χ1) is 11.3. The quantitative estimate of drug-likeness (QED) is 0.631. The number of benzene rings is 2. The molecule has 24 heavy (non-hydrogen) atoms. The minimum absolute atomic E-state index is 0. The van der Waals surface area contributed by atoms with Gasteiger partial charge in [0.1, 0.15) is 11.6 Å². The summed E-state index contributed by atoms with van der Waals surface area (Å²) in [4.78, 5) is 0. The van der Waals surface area contributed by atoms with Gasteiger partial charge >= 0.3 is 0 Å². The Morgan fingerprint density at radius 3 is 2.29 bits per heavy atom. The van der Waals surface area contributed by atoms with Gasteiger partial charge in [0.25, 0.3) is 0 Å². The van der Waals surface area contributed by atoms with Gasteiger partial charge in [-0.15, -0.1) is 19.6 Å². The third-order valence-electron chi connectivity index (χ3n) is 4.18. The third kappa shape index (κ3) is 4.92. The smallest absolute Gasteiger partial charge is 0.128 e. The first kappa shape index (κ1) is 19.6. The van der Waals surface area contributed by atoms with Crippen molar-refractivity contribution >= 4 is 0 Å². The molecule has 0 bridgehead atoms.